The van der Waals surface area contributed by atoms with E-state index in [-0.39, 0.29) is 30.7 Å². The average Bonchev–Trinajstić information content (AvgIpc) is 3.62. The fourth-order valence-electron chi connectivity index (χ4n) is 6.51. The van der Waals surface area contributed by atoms with E-state index in [9.17, 15) is 24.9 Å². The zero-order valence-electron chi connectivity index (χ0n) is 24.2. The van der Waals surface area contributed by atoms with Crippen molar-refractivity contribution in [3.63, 3.8) is 0 Å². The summed E-state index contributed by atoms with van der Waals surface area (Å²) in [5, 5.41) is 34.5. The van der Waals surface area contributed by atoms with Crippen molar-refractivity contribution in [2.24, 2.45) is 17.8 Å². The van der Waals surface area contributed by atoms with Gasteiger partial charge in [0.15, 0.2) is 11.5 Å². The van der Waals surface area contributed by atoms with Crippen molar-refractivity contribution >= 4 is 57.4 Å². The van der Waals surface area contributed by atoms with Crippen molar-refractivity contribution in [2.45, 2.75) is 45.3 Å². The summed E-state index contributed by atoms with van der Waals surface area (Å²) >= 11 is 3.58. The number of likely N-dealkylation sites (tertiary alicyclic amines) is 1. The van der Waals surface area contributed by atoms with E-state index in [4.69, 9.17) is 4.74 Å². The van der Waals surface area contributed by atoms with Gasteiger partial charge in [-0.2, -0.15) is 0 Å². The molecular weight excluding hydrogens is 677 g/mol. The van der Waals surface area contributed by atoms with E-state index in [1.165, 1.54) is 23.3 Å². The highest BCUT2D eigenvalue weighted by atomic mass is 127. The van der Waals surface area contributed by atoms with Crippen LogP contribution in [0.2, 0.25) is 0 Å². The van der Waals surface area contributed by atoms with Crippen LogP contribution in [0.15, 0.2) is 71.1 Å². The lowest BCUT2D eigenvalue weighted by atomic mass is 9.67. The molecule has 1 fully saturated rings. The molecule has 5 rings (SSSR count). The van der Waals surface area contributed by atoms with Crippen LogP contribution in [0.3, 0.4) is 0 Å². The first-order valence-corrected chi connectivity index (χ1v) is 16.4. The number of aromatic hydroxyl groups is 1. The SMILES string of the molecule is CCC1=C([C@H](O)CC/C(=C/c2cc(I)c(O)c(OC)c2)c2ccccc2)[C@H](CO)[C@@H]2C(=O)N(Cc3cccs3)C(=O)[C@@H]2C1. The number of carbonyl (C=O) groups excluding carboxylic acids is 2. The number of halogens is 1. The molecule has 7 nitrogen and oxygen atoms in total. The molecule has 2 amide bonds. The molecule has 0 bridgehead atoms. The monoisotopic (exact) mass is 713 g/mol. The third kappa shape index (κ3) is 6.45. The molecule has 4 atom stereocenters. The Kier molecular flexibility index (Phi) is 10.1. The highest BCUT2D eigenvalue weighted by molar-refractivity contribution is 14.1. The molecule has 3 aromatic rings. The number of hydrogen-bond donors (Lipinski definition) is 3. The van der Waals surface area contributed by atoms with Crippen LogP contribution in [-0.2, 0) is 16.1 Å². The first-order valence-electron chi connectivity index (χ1n) is 14.5. The van der Waals surface area contributed by atoms with Crippen LogP contribution in [0, 0.1) is 21.3 Å². The fraction of sp³-hybridized carbons (Fsp3) is 0.353. The van der Waals surface area contributed by atoms with Gasteiger partial charge in [-0.25, -0.2) is 0 Å². The summed E-state index contributed by atoms with van der Waals surface area (Å²) in [4.78, 5) is 29.3. The number of ether oxygens (including phenoxy) is 1. The Morgan fingerprint density at radius 1 is 1.16 bits per heavy atom. The van der Waals surface area contributed by atoms with Gasteiger partial charge in [-0.1, -0.05) is 55.0 Å². The Hall–Kier alpha value is -2.99. The molecule has 1 aromatic heterocycles. The largest absolute Gasteiger partial charge is 0.504 e. The zero-order valence-corrected chi connectivity index (χ0v) is 27.2. The van der Waals surface area contributed by atoms with Gasteiger partial charge in [0.2, 0.25) is 11.8 Å². The molecule has 3 N–H and O–H groups in total. The maximum Gasteiger partial charge on any atom is 0.234 e. The van der Waals surface area contributed by atoms with Crippen molar-refractivity contribution in [2.75, 3.05) is 13.7 Å². The fourth-order valence-corrected chi connectivity index (χ4v) is 7.83. The third-order valence-electron chi connectivity index (χ3n) is 8.60. The van der Waals surface area contributed by atoms with E-state index >= 15 is 0 Å². The molecule has 43 heavy (non-hydrogen) atoms. The number of rotatable bonds is 11. The molecule has 1 saturated heterocycles. The summed E-state index contributed by atoms with van der Waals surface area (Å²) in [5.41, 5.74) is 4.51. The van der Waals surface area contributed by atoms with Gasteiger partial charge in [0.25, 0.3) is 0 Å². The van der Waals surface area contributed by atoms with Crippen LogP contribution in [0.4, 0.5) is 0 Å². The second-order valence-electron chi connectivity index (χ2n) is 11.0. The number of methoxy groups -OCH3 is 1. The summed E-state index contributed by atoms with van der Waals surface area (Å²) < 4.78 is 6.03. The van der Waals surface area contributed by atoms with Crippen LogP contribution in [0.25, 0.3) is 11.6 Å². The van der Waals surface area contributed by atoms with Crippen LogP contribution >= 0.6 is 33.9 Å². The number of benzene rings is 2. The smallest absolute Gasteiger partial charge is 0.234 e. The minimum atomic E-state index is -0.885. The van der Waals surface area contributed by atoms with Gasteiger partial charge in [-0.15, -0.1) is 11.3 Å². The number of phenolic OH excluding ortho intramolecular Hbond substituents is 1. The zero-order chi connectivity index (χ0) is 30.7. The standard InChI is InChI=1S/C34H36INO6S/c1-3-21-17-25-31(34(41)36(33(25)40)18-24-10-7-13-43-24)26(19-37)30(21)28(38)12-11-23(22-8-5-4-6-9-22)14-20-15-27(35)32(39)29(16-20)42-2/h4-10,13-16,25-26,28,31,37-39H,3,11-12,17-19H2,1-2H3/b23-14-/t25-,26+,28-,31-/m1/s1. The Balaban J connectivity index is 1.42. The predicted octanol–water partition coefficient (Wildman–Crippen LogP) is 6.27. The number of phenols is 1. The van der Waals surface area contributed by atoms with E-state index in [2.05, 4.69) is 22.6 Å². The Bertz CT molecular complexity index is 1530. The van der Waals surface area contributed by atoms with E-state index < -0.39 is 23.9 Å². The van der Waals surface area contributed by atoms with Gasteiger partial charge in [-0.05, 0) is 94.1 Å². The Morgan fingerprint density at radius 2 is 1.93 bits per heavy atom. The molecule has 1 aliphatic carbocycles. The number of aliphatic hydroxyl groups excluding tert-OH is 2. The molecule has 2 aliphatic rings. The number of thiophene rings is 1. The minimum absolute atomic E-state index is 0.0931. The molecule has 0 saturated carbocycles. The van der Waals surface area contributed by atoms with Crippen molar-refractivity contribution in [1.29, 1.82) is 0 Å². The molecule has 9 heteroatoms. The highest BCUT2D eigenvalue weighted by Crippen LogP contribution is 2.47. The van der Waals surface area contributed by atoms with Crippen molar-refractivity contribution in [3.8, 4) is 11.5 Å². The number of allylic oxidation sites excluding steroid dienone is 2. The summed E-state index contributed by atoms with van der Waals surface area (Å²) in [7, 11) is 1.52. The van der Waals surface area contributed by atoms with Crippen molar-refractivity contribution in [1.82, 2.24) is 4.90 Å². The molecule has 2 heterocycles. The average molecular weight is 714 g/mol. The number of carbonyl (C=O) groups is 2. The lowest BCUT2D eigenvalue weighted by Gasteiger charge is -2.36. The number of nitrogens with zero attached hydrogens (tertiary/aromatic N) is 1. The number of hydrogen-bond acceptors (Lipinski definition) is 7. The summed E-state index contributed by atoms with van der Waals surface area (Å²) in [6.45, 7) is 1.93. The Morgan fingerprint density at radius 3 is 2.58 bits per heavy atom. The van der Waals surface area contributed by atoms with Gasteiger partial charge < -0.3 is 20.1 Å². The number of aliphatic hydroxyl groups is 2. The van der Waals surface area contributed by atoms with E-state index in [0.29, 0.717) is 40.6 Å². The van der Waals surface area contributed by atoms with Crippen LogP contribution < -0.4 is 4.74 Å². The van der Waals surface area contributed by atoms with Crippen molar-refractivity contribution < 1.29 is 29.6 Å². The van der Waals surface area contributed by atoms with Crippen LogP contribution in [-0.4, -0.2) is 51.9 Å². The van der Waals surface area contributed by atoms with E-state index in [1.807, 2.05) is 66.9 Å². The molecule has 2 aromatic carbocycles. The van der Waals surface area contributed by atoms with E-state index in [1.54, 1.807) is 6.07 Å². The lowest BCUT2D eigenvalue weighted by Crippen LogP contribution is -2.39. The van der Waals surface area contributed by atoms with Crippen LogP contribution in [0.1, 0.15) is 48.6 Å². The third-order valence-corrected chi connectivity index (χ3v) is 10.3. The molecule has 226 valence electrons. The predicted molar refractivity (Wildman–Crippen MR) is 176 cm³/mol. The molecule has 0 spiro atoms. The van der Waals surface area contributed by atoms with Gasteiger partial charge >= 0.3 is 0 Å². The number of imide groups is 1. The number of fused-ring (bicyclic) bond motifs is 1. The molecular formula is C34H36INO6S. The molecule has 1 aliphatic heterocycles. The highest BCUT2D eigenvalue weighted by Gasteiger charge is 2.54. The van der Waals surface area contributed by atoms with Crippen molar-refractivity contribution in [3.05, 3.63) is 90.7 Å². The topological polar surface area (TPSA) is 107 Å². The first-order chi connectivity index (χ1) is 20.8. The van der Waals surface area contributed by atoms with Gasteiger partial charge in [0.1, 0.15) is 0 Å². The summed E-state index contributed by atoms with van der Waals surface area (Å²) in [5.74, 6) is -1.76. The van der Waals surface area contributed by atoms with Gasteiger partial charge in [0.05, 0.1) is 41.8 Å². The second-order valence-corrected chi connectivity index (χ2v) is 13.2. The number of amides is 2. The first kappa shape index (κ1) is 31.4. The maximum atomic E-state index is 13.6. The minimum Gasteiger partial charge on any atom is -0.504 e. The normalized spacial score (nSPS) is 21.4. The second kappa shape index (κ2) is 13.8. The summed E-state index contributed by atoms with van der Waals surface area (Å²) in [6, 6.07) is 17.4. The van der Waals surface area contributed by atoms with Gasteiger partial charge in [0, 0.05) is 10.8 Å². The van der Waals surface area contributed by atoms with Crippen LogP contribution in [0.5, 0.6) is 11.5 Å². The summed E-state index contributed by atoms with van der Waals surface area (Å²) in [6.07, 6.45) is 3.09. The quantitative estimate of drug-likeness (QED) is 0.0937. The molecule has 0 radical (unpaired) electrons. The molecule has 0 unspecified atom stereocenters. The van der Waals surface area contributed by atoms with Gasteiger partial charge in [-0.3, -0.25) is 14.5 Å². The maximum absolute atomic E-state index is 13.6. The van der Waals surface area contributed by atoms with E-state index in [0.717, 1.165) is 27.2 Å². The lowest BCUT2D eigenvalue weighted by molar-refractivity contribution is -0.140. The Labute approximate surface area is 269 Å².